The Morgan fingerprint density at radius 2 is 1.50 bits per heavy atom. The normalized spacial score (nSPS) is 10.3. The van der Waals surface area contributed by atoms with E-state index in [1.165, 1.54) is 32.1 Å². The smallest absolute Gasteiger partial charge is 0.0909 e. The van der Waals surface area contributed by atoms with Crippen LogP contribution in [0, 0.1) is 6.92 Å². The summed E-state index contributed by atoms with van der Waals surface area (Å²) in [5.74, 6) is 0.256. The summed E-state index contributed by atoms with van der Waals surface area (Å²) in [6, 6.07) is 0. The molecule has 7 heteroatoms. The predicted octanol–water partition coefficient (Wildman–Crippen LogP) is 3.23. The third kappa shape index (κ3) is 49.5. The Bertz CT molecular complexity index is 253. The van der Waals surface area contributed by atoms with Crippen LogP contribution in [0.5, 0.6) is 0 Å². The van der Waals surface area contributed by atoms with Crippen LogP contribution in [0.4, 0.5) is 0 Å². The van der Waals surface area contributed by atoms with Crippen LogP contribution in [-0.2, 0) is 16.8 Å². The first kappa shape index (κ1) is 35.2. The largest absolute Gasteiger partial charge is 1.00 e. The maximum Gasteiger partial charge on any atom is 0.0909 e. The Kier molecular flexibility index (Phi) is 50.5. The van der Waals surface area contributed by atoms with Gasteiger partial charge >= 0.3 is 0 Å². The molecule has 0 aromatic carbocycles. The minimum atomic E-state index is 0. The zero-order valence-electron chi connectivity index (χ0n) is 15.5. The number of aliphatic hydroxyl groups is 1. The molecule has 0 aromatic heterocycles. The number of rotatable bonds is 9. The van der Waals surface area contributed by atoms with Gasteiger partial charge < -0.3 is 46.2 Å². The molecule has 0 aliphatic heterocycles. The second kappa shape index (κ2) is 34.4. The van der Waals surface area contributed by atoms with E-state index in [-0.39, 0.29) is 52.6 Å². The van der Waals surface area contributed by atoms with Gasteiger partial charge in [-0.05, 0) is 19.9 Å². The fraction of sp³-hybridized carbons (Fsp3) is 0.765. The molecule has 151 valence electrons. The monoisotopic (exact) mass is 450 g/mol. The van der Waals surface area contributed by atoms with Gasteiger partial charge in [-0.25, -0.2) is 0 Å². The van der Waals surface area contributed by atoms with Crippen LogP contribution < -0.4 is 17.0 Å². The van der Waals surface area contributed by atoms with Crippen LogP contribution in [0.3, 0.4) is 0 Å². The van der Waals surface area contributed by atoms with Crippen molar-refractivity contribution in [1.29, 1.82) is 0 Å². The molecular weight excluding hydrogens is 415 g/mol. The van der Waals surface area contributed by atoms with Crippen molar-refractivity contribution in [2.45, 2.75) is 59.3 Å². The molecule has 4 N–H and O–H groups in total. The van der Waals surface area contributed by atoms with Crippen LogP contribution in [0.25, 0.3) is 17.2 Å². The van der Waals surface area contributed by atoms with Gasteiger partial charge in [0, 0.05) is 29.0 Å². The van der Waals surface area contributed by atoms with E-state index in [9.17, 15) is 0 Å². The standard InChI is InChI=1S/C8H17.C7H13N2O.C2H6N2.BrH.Co/c1-3-5-7-8-6-4-2;1-6(5-7(2)10)9-4-3-8;3-1-2-4;;/h1,3-8H2,2H3;5,8,10H,3-4H2,1-2H3;3-4H,1-2H2;1H;/q2*-1;-2;;/p-1. The molecule has 0 aliphatic rings. The van der Waals surface area contributed by atoms with E-state index in [0.717, 1.165) is 12.1 Å². The Balaban J connectivity index is -0.0000000779. The van der Waals surface area contributed by atoms with Gasteiger partial charge in [-0.2, -0.15) is 19.5 Å². The van der Waals surface area contributed by atoms with Gasteiger partial charge in [-0.1, -0.05) is 39.0 Å². The van der Waals surface area contributed by atoms with Crippen LogP contribution in [-0.4, -0.2) is 37.0 Å². The third-order valence-electron chi connectivity index (χ3n) is 2.37. The van der Waals surface area contributed by atoms with Crippen molar-refractivity contribution in [2.24, 2.45) is 4.99 Å². The maximum atomic E-state index is 8.76. The molecule has 0 aromatic rings. The summed E-state index contributed by atoms with van der Waals surface area (Å²) in [4.78, 5) is 3.98. The zero-order valence-corrected chi connectivity index (χ0v) is 18.1. The van der Waals surface area contributed by atoms with Gasteiger partial charge in [-0.3, -0.25) is 4.99 Å². The molecule has 0 saturated carbocycles. The number of aliphatic imine (C=N–C) groups is 1. The minimum Gasteiger partial charge on any atom is -1.00 e. The Morgan fingerprint density at radius 1 is 1.00 bits per heavy atom. The van der Waals surface area contributed by atoms with Gasteiger partial charge in [-0.15, -0.1) is 6.54 Å². The average Bonchev–Trinajstić information content (AvgIpc) is 2.50. The molecule has 0 rings (SSSR count). The van der Waals surface area contributed by atoms with Crippen molar-refractivity contribution in [3.05, 3.63) is 36.0 Å². The molecule has 0 atom stereocenters. The van der Waals surface area contributed by atoms with Gasteiger partial charge in [0.2, 0.25) is 0 Å². The SMILES string of the molecule is CC(O)=CC(C)=NCC[NH-].[Br-].[CH2-]CCCCCCC.[Co].[NH-]CC[NH-]. The van der Waals surface area contributed by atoms with Gasteiger partial charge in [0.1, 0.15) is 0 Å². The number of halogens is 1. The van der Waals surface area contributed by atoms with Gasteiger partial charge in [0.15, 0.2) is 0 Å². The van der Waals surface area contributed by atoms with Crippen molar-refractivity contribution in [3.63, 3.8) is 0 Å². The summed E-state index contributed by atoms with van der Waals surface area (Å²) in [6.07, 6.45) is 9.56. The van der Waals surface area contributed by atoms with Crippen LogP contribution in [0.2, 0.25) is 0 Å². The zero-order chi connectivity index (χ0) is 17.6. The topological polar surface area (TPSA) is 104 Å². The summed E-state index contributed by atoms with van der Waals surface area (Å²) >= 11 is 0. The Hall–Kier alpha value is 0.0765. The Labute approximate surface area is 170 Å². The second-order valence-electron chi connectivity index (χ2n) is 4.83. The number of unbranched alkanes of at least 4 members (excludes halogenated alkanes) is 5. The maximum absolute atomic E-state index is 8.76. The molecule has 24 heavy (non-hydrogen) atoms. The summed E-state index contributed by atoms with van der Waals surface area (Å²) in [5.41, 5.74) is 20.1. The van der Waals surface area contributed by atoms with E-state index in [1.807, 2.05) is 0 Å². The summed E-state index contributed by atoms with van der Waals surface area (Å²) in [7, 11) is 0. The second-order valence-corrected chi connectivity index (χ2v) is 4.83. The van der Waals surface area contributed by atoms with Crippen molar-refractivity contribution in [3.8, 4) is 0 Å². The van der Waals surface area contributed by atoms with E-state index in [2.05, 4.69) is 18.8 Å². The molecule has 5 nitrogen and oxygen atoms in total. The van der Waals surface area contributed by atoms with E-state index in [0.29, 0.717) is 13.1 Å². The van der Waals surface area contributed by atoms with Crippen LogP contribution >= 0.6 is 0 Å². The summed E-state index contributed by atoms with van der Waals surface area (Å²) in [6.45, 7) is 10.7. The first-order chi connectivity index (χ1) is 10.5. The summed E-state index contributed by atoms with van der Waals surface area (Å²) in [5, 5.41) is 8.76. The number of nitrogens with zero attached hydrogens (tertiary/aromatic N) is 1. The van der Waals surface area contributed by atoms with E-state index >= 15 is 0 Å². The molecule has 0 saturated heterocycles. The van der Waals surface area contributed by atoms with Crippen molar-refractivity contribution < 1.29 is 38.9 Å². The van der Waals surface area contributed by atoms with Gasteiger partial charge in [0.05, 0.1) is 5.76 Å². The minimum absolute atomic E-state index is 0. The number of aliphatic hydroxyl groups excluding tert-OH is 1. The van der Waals surface area contributed by atoms with Gasteiger partial charge in [0.25, 0.3) is 0 Å². The fourth-order valence-corrected chi connectivity index (χ4v) is 1.36. The molecule has 0 aliphatic carbocycles. The van der Waals surface area contributed by atoms with Crippen LogP contribution in [0.1, 0.15) is 59.3 Å². The van der Waals surface area contributed by atoms with Crippen LogP contribution in [0.15, 0.2) is 16.8 Å². The molecular formula is C17H36BrCoN4O-5. The fourth-order valence-electron chi connectivity index (χ4n) is 1.36. The predicted molar refractivity (Wildman–Crippen MR) is 101 cm³/mol. The molecule has 0 bridgehead atoms. The Morgan fingerprint density at radius 3 is 1.83 bits per heavy atom. The third-order valence-corrected chi connectivity index (χ3v) is 2.37. The summed E-state index contributed by atoms with van der Waals surface area (Å²) < 4.78 is 0. The molecule has 1 radical (unpaired) electrons. The van der Waals surface area contributed by atoms with Crippen molar-refractivity contribution in [2.75, 3.05) is 26.2 Å². The quantitative estimate of drug-likeness (QED) is 0.247. The van der Waals surface area contributed by atoms with E-state index in [4.69, 9.17) is 22.3 Å². The molecule has 0 spiro atoms. The first-order valence-electron chi connectivity index (χ1n) is 8.11. The molecule has 0 amide bonds. The van der Waals surface area contributed by atoms with Crippen molar-refractivity contribution >= 4 is 5.71 Å². The first-order valence-corrected chi connectivity index (χ1v) is 8.11. The number of hydrogen-bond donors (Lipinski definition) is 1. The molecule has 0 unspecified atom stereocenters. The number of nitrogens with one attached hydrogen (secondary N) is 3. The molecule has 0 fully saturated rings. The van der Waals surface area contributed by atoms with E-state index < -0.39 is 0 Å². The number of hydrogen-bond acceptors (Lipinski definition) is 2. The van der Waals surface area contributed by atoms with Crippen molar-refractivity contribution in [1.82, 2.24) is 0 Å². The van der Waals surface area contributed by atoms with E-state index in [1.54, 1.807) is 19.9 Å². The average molecular weight is 451 g/mol. The molecule has 0 heterocycles. The number of allylic oxidation sites excluding steroid dienone is 2.